The van der Waals surface area contributed by atoms with E-state index in [-0.39, 0.29) is 17.5 Å². The molecule has 2 fully saturated rings. The molecule has 1 aliphatic carbocycles. The van der Waals surface area contributed by atoms with E-state index in [2.05, 4.69) is 27.4 Å². The van der Waals surface area contributed by atoms with E-state index in [9.17, 15) is 4.79 Å². The van der Waals surface area contributed by atoms with Crippen LogP contribution in [0.25, 0.3) is 0 Å². The van der Waals surface area contributed by atoms with E-state index in [1.807, 2.05) is 0 Å². The Hall–Kier alpha value is -1.49. The molecule has 6 heteroatoms. The molecule has 0 bridgehead atoms. The SMILES string of the molecule is N=C(/C=C(/N=C=S)C(=O)N=CC1CCOC1)C1CC1. The van der Waals surface area contributed by atoms with Gasteiger partial charge >= 0.3 is 0 Å². The highest BCUT2D eigenvalue weighted by Crippen LogP contribution is 2.30. The van der Waals surface area contributed by atoms with Crippen molar-refractivity contribution in [3.63, 3.8) is 0 Å². The van der Waals surface area contributed by atoms with Crippen molar-refractivity contribution in [2.45, 2.75) is 19.3 Å². The van der Waals surface area contributed by atoms with Crippen LogP contribution in [0.5, 0.6) is 0 Å². The molecule has 2 rings (SSSR count). The van der Waals surface area contributed by atoms with E-state index >= 15 is 0 Å². The van der Waals surface area contributed by atoms with Gasteiger partial charge in [0.15, 0.2) is 0 Å². The minimum Gasteiger partial charge on any atom is -0.381 e. The number of aliphatic imine (C=N–C) groups is 2. The lowest BCUT2D eigenvalue weighted by atomic mass is 10.1. The van der Waals surface area contributed by atoms with Crippen molar-refractivity contribution in [2.75, 3.05) is 13.2 Å². The van der Waals surface area contributed by atoms with Crippen molar-refractivity contribution < 1.29 is 9.53 Å². The molecule has 5 nitrogen and oxygen atoms in total. The lowest BCUT2D eigenvalue weighted by Crippen LogP contribution is -2.06. The number of carbonyl (C=O) groups excluding carboxylic acids is 1. The zero-order valence-electron chi connectivity index (χ0n) is 10.5. The maximum atomic E-state index is 11.9. The van der Waals surface area contributed by atoms with E-state index in [4.69, 9.17) is 10.1 Å². The van der Waals surface area contributed by atoms with Gasteiger partial charge in [-0.1, -0.05) is 0 Å². The van der Waals surface area contributed by atoms with Crippen LogP contribution in [0.1, 0.15) is 19.3 Å². The van der Waals surface area contributed by atoms with Gasteiger partial charge in [0.2, 0.25) is 0 Å². The fourth-order valence-corrected chi connectivity index (χ4v) is 1.86. The van der Waals surface area contributed by atoms with Gasteiger partial charge in [0, 0.05) is 30.4 Å². The summed E-state index contributed by atoms with van der Waals surface area (Å²) >= 11 is 4.52. The number of rotatable bonds is 5. The van der Waals surface area contributed by atoms with E-state index < -0.39 is 5.91 Å². The van der Waals surface area contributed by atoms with Gasteiger partial charge < -0.3 is 10.1 Å². The first-order valence-electron chi connectivity index (χ1n) is 6.25. The summed E-state index contributed by atoms with van der Waals surface area (Å²) in [5.74, 6) is -0.0328. The summed E-state index contributed by atoms with van der Waals surface area (Å²) in [4.78, 5) is 19.5. The molecule has 0 aromatic carbocycles. The van der Waals surface area contributed by atoms with Gasteiger partial charge in [-0.2, -0.15) is 4.99 Å². The number of hydrogen-bond donors (Lipinski definition) is 1. The number of ether oxygens (including phenoxy) is 1. The first kappa shape index (κ1) is 13.9. The first-order valence-corrected chi connectivity index (χ1v) is 6.66. The predicted octanol–water partition coefficient (Wildman–Crippen LogP) is 2.04. The second kappa shape index (κ2) is 6.61. The highest BCUT2D eigenvalue weighted by Gasteiger charge is 2.26. The summed E-state index contributed by atoms with van der Waals surface area (Å²) in [6.45, 7) is 1.31. The molecular formula is C13H15N3O2S. The number of amides is 1. The molecule has 0 aromatic rings. The Morgan fingerprint density at radius 3 is 2.79 bits per heavy atom. The molecule has 1 amide bonds. The molecule has 1 atom stereocenters. The van der Waals surface area contributed by atoms with Gasteiger partial charge in [0.1, 0.15) is 5.70 Å². The molecule has 100 valence electrons. The number of isothiocyanates is 1. The average Bonchev–Trinajstić information content (AvgIpc) is 3.13. The number of nitrogens with zero attached hydrogens (tertiary/aromatic N) is 2. The molecule has 1 saturated carbocycles. The van der Waals surface area contributed by atoms with Gasteiger partial charge in [-0.05, 0) is 37.6 Å². The van der Waals surface area contributed by atoms with Gasteiger partial charge in [0.05, 0.1) is 11.8 Å². The van der Waals surface area contributed by atoms with E-state index in [0.29, 0.717) is 18.9 Å². The quantitative estimate of drug-likeness (QED) is 0.474. The molecule has 0 aromatic heterocycles. The number of carbonyl (C=O) groups is 1. The summed E-state index contributed by atoms with van der Waals surface area (Å²) in [5, 5.41) is 9.95. The van der Waals surface area contributed by atoms with Crippen LogP contribution in [0.4, 0.5) is 0 Å². The largest absolute Gasteiger partial charge is 0.381 e. The Morgan fingerprint density at radius 1 is 1.42 bits per heavy atom. The summed E-state index contributed by atoms with van der Waals surface area (Å²) in [6.07, 6.45) is 5.93. The van der Waals surface area contributed by atoms with Crippen molar-refractivity contribution >= 4 is 35.2 Å². The second-order valence-electron chi connectivity index (χ2n) is 4.67. The van der Waals surface area contributed by atoms with Crippen molar-refractivity contribution in [3.8, 4) is 0 Å². The minimum absolute atomic E-state index is 0.0852. The number of thiocarbonyl (C=S) groups is 1. The lowest BCUT2D eigenvalue weighted by Gasteiger charge is -1.99. The monoisotopic (exact) mass is 277 g/mol. The van der Waals surface area contributed by atoms with Gasteiger partial charge in [-0.15, -0.1) is 0 Å². The predicted molar refractivity (Wildman–Crippen MR) is 76.0 cm³/mol. The fraction of sp³-hybridized carbons (Fsp3) is 0.538. The van der Waals surface area contributed by atoms with Crippen LogP contribution in [0, 0.1) is 17.2 Å². The third-order valence-electron chi connectivity index (χ3n) is 3.06. The minimum atomic E-state index is -0.477. The second-order valence-corrected chi connectivity index (χ2v) is 4.85. The van der Waals surface area contributed by atoms with Crippen LogP contribution in [0.3, 0.4) is 0 Å². The molecule has 0 radical (unpaired) electrons. The molecule has 1 unspecified atom stereocenters. The maximum Gasteiger partial charge on any atom is 0.296 e. The van der Waals surface area contributed by atoms with E-state index in [1.165, 1.54) is 6.08 Å². The smallest absolute Gasteiger partial charge is 0.296 e. The molecule has 1 aliphatic heterocycles. The molecule has 19 heavy (non-hydrogen) atoms. The first-order chi connectivity index (χ1) is 9.20. The Balaban J connectivity index is 2.02. The van der Waals surface area contributed by atoms with Gasteiger partial charge in [0.25, 0.3) is 5.91 Å². The Kier molecular flexibility index (Phi) is 4.85. The third-order valence-corrected chi connectivity index (χ3v) is 3.15. The number of allylic oxidation sites excluding steroid dienone is 1. The van der Waals surface area contributed by atoms with Crippen LogP contribution in [-0.2, 0) is 9.53 Å². The lowest BCUT2D eigenvalue weighted by molar-refractivity contribution is -0.114. The zero-order chi connectivity index (χ0) is 13.7. The Labute approximate surface area is 117 Å². The normalized spacial score (nSPS) is 23.4. The van der Waals surface area contributed by atoms with Crippen molar-refractivity contribution in [1.82, 2.24) is 0 Å². The maximum absolute atomic E-state index is 11.9. The van der Waals surface area contributed by atoms with Crippen LogP contribution in [0.15, 0.2) is 21.8 Å². The Morgan fingerprint density at radius 2 is 2.21 bits per heavy atom. The topological polar surface area (TPSA) is 74.9 Å². The van der Waals surface area contributed by atoms with E-state index in [1.54, 1.807) is 6.21 Å². The number of nitrogens with one attached hydrogen (secondary N) is 1. The zero-order valence-corrected chi connectivity index (χ0v) is 11.3. The molecule has 2 aliphatic rings. The summed E-state index contributed by atoms with van der Waals surface area (Å²) in [6, 6.07) is 0. The van der Waals surface area contributed by atoms with Crippen LogP contribution in [0.2, 0.25) is 0 Å². The van der Waals surface area contributed by atoms with Crippen molar-refractivity contribution in [2.24, 2.45) is 21.8 Å². The summed E-state index contributed by atoms with van der Waals surface area (Å²) in [5.41, 5.74) is 0.499. The Bertz CT molecular complexity index is 482. The third kappa shape index (κ3) is 4.28. The number of hydrogen-bond acceptors (Lipinski definition) is 5. The molecule has 1 saturated heterocycles. The van der Waals surface area contributed by atoms with Crippen molar-refractivity contribution in [3.05, 3.63) is 11.8 Å². The van der Waals surface area contributed by atoms with Crippen molar-refractivity contribution in [1.29, 1.82) is 5.41 Å². The highest BCUT2D eigenvalue weighted by molar-refractivity contribution is 7.78. The van der Waals surface area contributed by atoms with Crippen LogP contribution in [-0.4, -0.2) is 36.2 Å². The average molecular weight is 277 g/mol. The standard InChI is InChI=1S/C13H15N3O2S/c14-11(10-1-2-10)5-12(16-8-19)13(17)15-6-9-3-4-18-7-9/h5-6,9-10,14H,1-4,7H2/b12-5+,14-11?,15-6?. The molecular weight excluding hydrogens is 262 g/mol. The summed E-state index contributed by atoms with van der Waals surface area (Å²) in [7, 11) is 0. The molecule has 1 N–H and O–H groups in total. The highest BCUT2D eigenvalue weighted by atomic mass is 32.1. The molecule has 1 heterocycles. The van der Waals surface area contributed by atoms with Gasteiger partial charge in [-0.25, -0.2) is 4.99 Å². The molecule has 0 spiro atoms. The van der Waals surface area contributed by atoms with Crippen LogP contribution >= 0.6 is 12.2 Å². The van der Waals surface area contributed by atoms with E-state index in [0.717, 1.165) is 19.3 Å². The summed E-state index contributed by atoms with van der Waals surface area (Å²) < 4.78 is 5.20. The van der Waals surface area contributed by atoms with Gasteiger partial charge in [-0.3, -0.25) is 4.79 Å². The van der Waals surface area contributed by atoms with Crippen LogP contribution < -0.4 is 0 Å². The fourth-order valence-electron chi connectivity index (χ4n) is 1.76.